The van der Waals surface area contributed by atoms with E-state index in [0.717, 1.165) is 42.6 Å². The van der Waals surface area contributed by atoms with Crippen LogP contribution in [0.1, 0.15) is 49.1 Å². The van der Waals surface area contributed by atoms with Crippen molar-refractivity contribution in [3.63, 3.8) is 0 Å². The van der Waals surface area contributed by atoms with E-state index >= 15 is 0 Å². The average Bonchev–Trinajstić information content (AvgIpc) is 3.02. The lowest BCUT2D eigenvalue weighted by molar-refractivity contribution is -0.338. The second-order valence-electron chi connectivity index (χ2n) is 10.8. The van der Waals surface area contributed by atoms with E-state index in [-0.39, 0.29) is 12.0 Å². The van der Waals surface area contributed by atoms with Crippen molar-refractivity contribution in [2.45, 2.75) is 68.7 Å². The standard InChI is InChI=1S/C33H38N2O5/c1-37-33-29(30(36)31-27(39-33)21-38-32(40-31)23-15-7-3-8-16-23)35-26-20-12-11-19-25(26)28(22-13-5-2-6-14-22)34-24-17-9-4-10-18-24/h2-10,13-18,25,27-34,36H,11-12,19-21H2,1H3/t25-,27-,28-,29-,30-,31-,32?,33+/m1/s1. The van der Waals surface area contributed by atoms with Crippen LogP contribution in [0.2, 0.25) is 0 Å². The highest BCUT2D eigenvalue weighted by Gasteiger charge is 2.50. The quantitative estimate of drug-likeness (QED) is 0.400. The van der Waals surface area contributed by atoms with Crippen molar-refractivity contribution in [3.05, 3.63) is 102 Å². The third-order valence-corrected chi connectivity index (χ3v) is 8.24. The van der Waals surface area contributed by atoms with E-state index in [9.17, 15) is 5.11 Å². The van der Waals surface area contributed by atoms with Gasteiger partial charge in [-0.15, -0.1) is 0 Å². The van der Waals surface area contributed by atoms with Gasteiger partial charge >= 0.3 is 0 Å². The van der Waals surface area contributed by atoms with Crippen molar-refractivity contribution in [1.82, 2.24) is 0 Å². The van der Waals surface area contributed by atoms with Crippen LogP contribution in [0.15, 0.2) is 96.0 Å². The van der Waals surface area contributed by atoms with Crippen molar-refractivity contribution in [2.24, 2.45) is 10.9 Å². The number of aliphatic imine (C=N–C) groups is 1. The molecule has 0 spiro atoms. The Hall–Kier alpha value is -3.07. The van der Waals surface area contributed by atoms with Gasteiger partial charge < -0.3 is 29.4 Å². The molecule has 3 aliphatic rings. The maximum Gasteiger partial charge on any atom is 0.184 e. The van der Waals surface area contributed by atoms with Gasteiger partial charge in [-0.3, -0.25) is 4.99 Å². The first-order valence-electron chi connectivity index (χ1n) is 14.3. The van der Waals surface area contributed by atoms with E-state index in [2.05, 4.69) is 41.7 Å². The van der Waals surface area contributed by atoms with E-state index in [0.29, 0.717) is 6.61 Å². The van der Waals surface area contributed by atoms with Crippen molar-refractivity contribution in [1.29, 1.82) is 0 Å². The zero-order chi connectivity index (χ0) is 27.3. The number of hydrogen-bond donors (Lipinski definition) is 2. The van der Waals surface area contributed by atoms with Crippen molar-refractivity contribution < 1.29 is 24.1 Å². The lowest BCUT2D eigenvalue weighted by Crippen LogP contribution is -2.61. The smallest absolute Gasteiger partial charge is 0.184 e. The van der Waals surface area contributed by atoms with Crippen LogP contribution in [0.25, 0.3) is 0 Å². The Morgan fingerprint density at radius 1 is 0.900 bits per heavy atom. The second-order valence-corrected chi connectivity index (χ2v) is 10.8. The molecule has 2 saturated heterocycles. The SMILES string of the molecule is CO[C@H]1O[C@@H]2COC(c3ccccc3)O[C@H]2[C@H](O)[C@H]1N=C1CCCC[C@H]1[C@H](Nc1ccccc1)c1ccccc1. The Kier molecular flexibility index (Phi) is 8.56. The lowest BCUT2D eigenvalue weighted by Gasteiger charge is -2.47. The van der Waals surface area contributed by atoms with Crippen LogP contribution >= 0.6 is 0 Å². The number of aliphatic hydroxyl groups excluding tert-OH is 1. The molecule has 3 aromatic rings. The molecule has 40 heavy (non-hydrogen) atoms. The molecule has 2 aliphatic heterocycles. The fraction of sp³-hybridized carbons (Fsp3) is 0.424. The minimum Gasteiger partial charge on any atom is -0.388 e. The van der Waals surface area contributed by atoms with Crippen LogP contribution in [0.5, 0.6) is 0 Å². The van der Waals surface area contributed by atoms with Crippen molar-refractivity contribution in [3.8, 4) is 0 Å². The van der Waals surface area contributed by atoms with Gasteiger partial charge in [-0.1, -0.05) is 85.3 Å². The first kappa shape index (κ1) is 27.1. The summed E-state index contributed by atoms with van der Waals surface area (Å²) in [4.78, 5) is 5.24. The van der Waals surface area contributed by atoms with Crippen molar-refractivity contribution in [2.75, 3.05) is 19.0 Å². The van der Waals surface area contributed by atoms with Gasteiger partial charge in [0.15, 0.2) is 12.6 Å². The molecule has 0 bridgehead atoms. The monoisotopic (exact) mass is 542 g/mol. The number of nitrogens with one attached hydrogen (secondary N) is 1. The molecule has 3 fully saturated rings. The number of aliphatic hydroxyl groups is 1. The highest BCUT2D eigenvalue weighted by Crippen LogP contribution is 2.39. The summed E-state index contributed by atoms with van der Waals surface area (Å²) in [6.45, 7) is 0.310. The fourth-order valence-electron chi connectivity index (χ4n) is 6.21. The molecular weight excluding hydrogens is 504 g/mol. The first-order valence-corrected chi connectivity index (χ1v) is 14.3. The van der Waals surface area contributed by atoms with Crippen LogP contribution in [-0.4, -0.2) is 55.2 Å². The number of rotatable bonds is 7. The molecule has 2 heterocycles. The zero-order valence-electron chi connectivity index (χ0n) is 22.8. The number of fused-ring (bicyclic) bond motifs is 1. The van der Waals surface area contributed by atoms with Crippen LogP contribution in [0.3, 0.4) is 0 Å². The molecule has 6 rings (SSSR count). The molecule has 7 nitrogen and oxygen atoms in total. The predicted octanol–water partition coefficient (Wildman–Crippen LogP) is 5.69. The van der Waals surface area contributed by atoms with Gasteiger partial charge in [0.1, 0.15) is 24.4 Å². The molecule has 1 saturated carbocycles. The van der Waals surface area contributed by atoms with E-state index in [1.54, 1.807) is 7.11 Å². The molecule has 2 N–H and O–H groups in total. The Morgan fingerprint density at radius 3 is 2.33 bits per heavy atom. The largest absolute Gasteiger partial charge is 0.388 e. The molecule has 1 unspecified atom stereocenters. The topological polar surface area (TPSA) is 81.5 Å². The highest BCUT2D eigenvalue weighted by atomic mass is 16.7. The van der Waals surface area contributed by atoms with Gasteiger partial charge in [0.05, 0.1) is 12.6 Å². The molecule has 8 atom stereocenters. The van der Waals surface area contributed by atoms with Crippen LogP contribution in [0, 0.1) is 5.92 Å². The van der Waals surface area contributed by atoms with E-state index in [1.165, 1.54) is 5.56 Å². The first-order chi connectivity index (χ1) is 19.7. The molecule has 3 aromatic carbocycles. The number of hydrogen-bond acceptors (Lipinski definition) is 7. The van der Waals surface area contributed by atoms with E-state index < -0.39 is 36.9 Å². The van der Waals surface area contributed by atoms with E-state index in [1.807, 2.05) is 54.6 Å². The van der Waals surface area contributed by atoms with Crippen molar-refractivity contribution >= 4 is 11.4 Å². The summed E-state index contributed by atoms with van der Waals surface area (Å²) in [5.74, 6) is 0.159. The second kappa shape index (κ2) is 12.6. The maximum atomic E-state index is 11.7. The zero-order valence-corrected chi connectivity index (χ0v) is 22.8. The molecule has 7 heteroatoms. The Morgan fingerprint density at radius 2 is 1.60 bits per heavy atom. The number of methoxy groups -OCH3 is 1. The molecule has 210 valence electrons. The maximum absolute atomic E-state index is 11.7. The van der Waals surface area contributed by atoms with Gasteiger partial charge in [0.2, 0.25) is 0 Å². The normalized spacial score (nSPS) is 32.2. The predicted molar refractivity (Wildman–Crippen MR) is 154 cm³/mol. The highest BCUT2D eigenvalue weighted by molar-refractivity contribution is 5.89. The molecule has 0 amide bonds. The molecule has 0 radical (unpaired) electrons. The third kappa shape index (κ3) is 5.85. The average molecular weight is 543 g/mol. The summed E-state index contributed by atoms with van der Waals surface area (Å²) in [5, 5.41) is 15.5. The van der Waals surface area contributed by atoms with Gasteiger partial charge in [-0.25, -0.2) is 0 Å². The number of benzene rings is 3. The Bertz CT molecular complexity index is 1240. The summed E-state index contributed by atoms with van der Waals surface area (Å²) >= 11 is 0. The van der Waals surface area contributed by atoms with Crippen LogP contribution in [0.4, 0.5) is 5.69 Å². The minimum atomic E-state index is -0.897. The van der Waals surface area contributed by atoms with Gasteiger partial charge in [-0.05, 0) is 37.0 Å². The Balaban J connectivity index is 1.29. The summed E-state index contributed by atoms with van der Waals surface area (Å²) < 4.78 is 24.3. The number of anilines is 1. The fourth-order valence-corrected chi connectivity index (χ4v) is 6.21. The Labute approximate surface area is 236 Å². The summed E-state index contributed by atoms with van der Waals surface area (Å²) in [6, 6.07) is 30.1. The minimum absolute atomic E-state index is 0.0415. The lowest BCUT2D eigenvalue weighted by atomic mass is 9.79. The number of para-hydroxylation sites is 1. The summed E-state index contributed by atoms with van der Waals surface area (Å²) in [6.07, 6.45) is 0.912. The van der Waals surface area contributed by atoms with E-state index in [4.69, 9.17) is 23.9 Å². The van der Waals surface area contributed by atoms with Crippen LogP contribution in [-0.2, 0) is 18.9 Å². The van der Waals surface area contributed by atoms with Gasteiger partial charge in [0, 0.05) is 30.0 Å². The summed E-state index contributed by atoms with van der Waals surface area (Å²) in [5.41, 5.74) is 4.29. The third-order valence-electron chi connectivity index (χ3n) is 8.24. The number of ether oxygens (including phenoxy) is 4. The summed E-state index contributed by atoms with van der Waals surface area (Å²) in [7, 11) is 1.60. The van der Waals surface area contributed by atoms with Crippen LogP contribution < -0.4 is 5.32 Å². The molecule has 1 aliphatic carbocycles. The molecule has 0 aromatic heterocycles. The van der Waals surface area contributed by atoms with Gasteiger partial charge in [0.25, 0.3) is 0 Å². The number of nitrogens with zero attached hydrogens (tertiary/aromatic N) is 1. The molecular formula is C33H38N2O5. The van der Waals surface area contributed by atoms with Gasteiger partial charge in [-0.2, -0.15) is 0 Å².